The molecule has 1 aromatic heterocycles. The van der Waals surface area contributed by atoms with E-state index in [0.29, 0.717) is 16.1 Å². The Labute approximate surface area is 114 Å². The zero-order valence-electron chi connectivity index (χ0n) is 10.6. The molecule has 0 saturated carbocycles. The van der Waals surface area contributed by atoms with E-state index >= 15 is 0 Å². The number of nitrogens with zero attached hydrogens (tertiary/aromatic N) is 3. The van der Waals surface area contributed by atoms with E-state index in [9.17, 15) is 4.79 Å². The monoisotopic (exact) mass is 316 g/mol. The van der Waals surface area contributed by atoms with Crippen LogP contribution in [-0.2, 0) is 4.79 Å². The number of hydrogen-bond donors (Lipinski definition) is 3. The summed E-state index contributed by atoms with van der Waals surface area (Å²) in [6.45, 7) is 4.03. The lowest BCUT2D eigenvalue weighted by molar-refractivity contribution is -0.120. The van der Waals surface area contributed by atoms with Gasteiger partial charge < -0.3 is 15.6 Å². The number of carbonyl (C=O) groups is 1. The van der Waals surface area contributed by atoms with Crippen LogP contribution >= 0.6 is 15.9 Å². The minimum Gasteiger partial charge on any atom is -0.352 e. The highest BCUT2D eigenvalue weighted by atomic mass is 79.9. The third-order valence-electron chi connectivity index (χ3n) is 2.10. The summed E-state index contributed by atoms with van der Waals surface area (Å²) in [5.74, 6) is 6.31. The molecule has 1 heterocycles. The molecular formula is C10H17BrN6O. The molecule has 0 aliphatic rings. The second-order valence-electron chi connectivity index (χ2n) is 4.08. The molecule has 0 aromatic carbocycles. The zero-order valence-corrected chi connectivity index (χ0v) is 12.2. The number of carbonyl (C=O) groups excluding carboxylic acids is 1. The quantitative estimate of drug-likeness (QED) is 0.540. The molecule has 18 heavy (non-hydrogen) atoms. The molecule has 8 heteroatoms. The highest BCUT2D eigenvalue weighted by Gasteiger charge is 2.14. The van der Waals surface area contributed by atoms with Crippen LogP contribution in [0.15, 0.2) is 10.8 Å². The first-order valence-corrected chi connectivity index (χ1v) is 6.22. The second kappa shape index (κ2) is 6.50. The summed E-state index contributed by atoms with van der Waals surface area (Å²) in [6, 6.07) is 0.112. The van der Waals surface area contributed by atoms with Crippen LogP contribution < -0.4 is 21.5 Å². The predicted molar refractivity (Wildman–Crippen MR) is 74.1 cm³/mol. The van der Waals surface area contributed by atoms with Crippen LogP contribution in [0.4, 0.5) is 11.6 Å². The number of nitrogen functional groups attached to an aromatic ring is 1. The summed E-state index contributed by atoms with van der Waals surface area (Å²) in [4.78, 5) is 21.4. The third-order valence-corrected chi connectivity index (χ3v) is 2.83. The summed E-state index contributed by atoms with van der Waals surface area (Å²) in [7, 11) is 1.77. The van der Waals surface area contributed by atoms with E-state index in [-0.39, 0.29) is 18.5 Å². The van der Waals surface area contributed by atoms with Gasteiger partial charge in [-0.3, -0.25) is 4.79 Å². The molecule has 0 bridgehead atoms. The predicted octanol–water partition coefficient (Wildman–Crippen LogP) is 0.485. The topological polar surface area (TPSA) is 96.2 Å². The van der Waals surface area contributed by atoms with Gasteiger partial charge in [0.15, 0.2) is 5.82 Å². The van der Waals surface area contributed by atoms with Gasteiger partial charge in [0.2, 0.25) is 5.91 Å². The molecule has 0 atom stereocenters. The fourth-order valence-electron chi connectivity index (χ4n) is 1.39. The van der Waals surface area contributed by atoms with Crippen molar-refractivity contribution in [3.05, 3.63) is 10.8 Å². The van der Waals surface area contributed by atoms with Crippen molar-refractivity contribution in [3.8, 4) is 0 Å². The first kappa shape index (κ1) is 14.7. The molecule has 1 aromatic rings. The molecule has 1 rings (SSSR count). The van der Waals surface area contributed by atoms with Crippen LogP contribution in [0.1, 0.15) is 13.8 Å². The summed E-state index contributed by atoms with van der Waals surface area (Å²) >= 11 is 3.34. The van der Waals surface area contributed by atoms with Gasteiger partial charge >= 0.3 is 0 Å². The van der Waals surface area contributed by atoms with Crippen LogP contribution in [-0.4, -0.2) is 35.5 Å². The molecule has 0 radical (unpaired) electrons. The molecule has 0 unspecified atom stereocenters. The highest BCUT2D eigenvalue weighted by molar-refractivity contribution is 9.10. The van der Waals surface area contributed by atoms with E-state index in [2.05, 4.69) is 36.6 Å². The average Bonchev–Trinajstić information content (AvgIpc) is 2.27. The van der Waals surface area contributed by atoms with E-state index < -0.39 is 0 Å². The molecule has 0 fully saturated rings. The summed E-state index contributed by atoms with van der Waals surface area (Å²) < 4.78 is 0.618. The fraction of sp³-hybridized carbons (Fsp3) is 0.500. The van der Waals surface area contributed by atoms with E-state index in [1.165, 1.54) is 6.33 Å². The number of amides is 1. The Morgan fingerprint density at radius 1 is 1.56 bits per heavy atom. The van der Waals surface area contributed by atoms with Crippen LogP contribution in [0.3, 0.4) is 0 Å². The van der Waals surface area contributed by atoms with Crippen LogP contribution in [0, 0.1) is 0 Å². The van der Waals surface area contributed by atoms with Gasteiger partial charge in [-0.05, 0) is 29.8 Å². The van der Waals surface area contributed by atoms with E-state index in [4.69, 9.17) is 5.84 Å². The van der Waals surface area contributed by atoms with Gasteiger partial charge in [0.05, 0.1) is 6.54 Å². The van der Waals surface area contributed by atoms with Crippen LogP contribution in [0.5, 0.6) is 0 Å². The van der Waals surface area contributed by atoms with Crippen molar-refractivity contribution in [1.82, 2.24) is 15.3 Å². The number of hydrazine groups is 1. The molecule has 1 amide bonds. The molecule has 0 aliphatic carbocycles. The fourth-order valence-corrected chi connectivity index (χ4v) is 2.01. The van der Waals surface area contributed by atoms with Crippen molar-refractivity contribution in [1.29, 1.82) is 0 Å². The number of anilines is 2. The van der Waals surface area contributed by atoms with Gasteiger partial charge in [0.1, 0.15) is 16.6 Å². The Balaban J connectivity index is 2.78. The lowest BCUT2D eigenvalue weighted by Crippen LogP contribution is -2.39. The van der Waals surface area contributed by atoms with E-state index in [1.807, 2.05) is 13.8 Å². The van der Waals surface area contributed by atoms with Crippen molar-refractivity contribution < 1.29 is 4.79 Å². The van der Waals surface area contributed by atoms with Crippen molar-refractivity contribution in [2.75, 3.05) is 23.9 Å². The van der Waals surface area contributed by atoms with Crippen LogP contribution in [0.25, 0.3) is 0 Å². The number of likely N-dealkylation sites (N-methyl/N-ethyl adjacent to an activating group) is 1. The Kier molecular flexibility index (Phi) is 5.29. The molecule has 0 aliphatic heterocycles. The summed E-state index contributed by atoms with van der Waals surface area (Å²) in [6.07, 6.45) is 1.38. The van der Waals surface area contributed by atoms with Crippen molar-refractivity contribution >= 4 is 33.5 Å². The molecule has 100 valence electrons. The van der Waals surface area contributed by atoms with Crippen molar-refractivity contribution in [2.45, 2.75) is 19.9 Å². The minimum atomic E-state index is -0.0692. The summed E-state index contributed by atoms with van der Waals surface area (Å²) in [5, 5.41) is 2.81. The maximum Gasteiger partial charge on any atom is 0.239 e. The maximum atomic E-state index is 11.7. The number of nitrogens with two attached hydrogens (primary N) is 1. The number of halogens is 1. The van der Waals surface area contributed by atoms with Gasteiger partial charge in [-0.2, -0.15) is 0 Å². The Morgan fingerprint density at radius 2 is 2.22 bits per heavy atom. The Morgan fingerprint density at radius 3 is 2.78 bits per heavy atom. The van der Waals surface area contributed by atoms with Gasteiger partial charge in [-0.15, -0.1) is 0 Å². The first-order valence-electron chi connectivity index (χ1n) is 5.43. The maximum absolute atomic E-state index is 11.7. The standard InChI is InChI=1S/C10H17BrN6O/c1-6(2)15-7(18)4-17(3)10-8(11)9(16-12)13-5-14-10/h5-6H,4,12H2,1-3H3,(H,15,18)(H,13,14,16). The average molecular weight is 317 g/mol. The molecule has 4 N–H and O–H groups in total. The molecular weight excluding hydrogens is 300 g/mol. The van der Waals surface area contributed by atoms with Gasteiger partial charge in [-0.25, -0.2) is 15.8 Å². The van der Waals surface area contributed by atoms with Crippen LogP contribution in [0.2, 0.25) is 0 Å². The third kappa shape index (κ3) is 3.81. The normalized spacial score (nSPS) is 10.3. The number of nitrogens with one attached hydrogen (secondary N) is 2. The largest absolute Gasteiger partial charge is 0.352 e. The first-order chi connectivity index (χ1) is 8.45. The second-order valence-corrected chi connectivity index (χ2v) is 4.88. The van der Waals surface area contributed by atoms with Crippen molar-refractivity contribution in [2.24, 2.45) is 5.84 Å². The molecule has 0 spiro atoms. The Hall–Kier alpha value is -1.41. The highest BCUT2D eigenvalue weighted by Crippen LogP contribution is 2.27. The lowest BCUT2D eigenvalue weighted by Gasteiger charge is -2.20. The van der Waals surface area contributed by atoms with Gasteiger partial charge in [0, 0.05) is 13.1 Å². The van der Waals surface area contributed by atoms with E-state index in [0.717, 1.165) is 0 Å². The number of aromatic nitrogens is 2. The van der Waals surface area contributed by atoms with Crippen molar-refractivity contribution in [3.63, 3.8) is 0 Å². The van der Waals surface area contributed by atoms with Gasteiger partial charge in [-0.1, -0.05) is 0 Å². The number of rotatable bonds is 5. The lowest BCUT2D eigenvalue weighted by atomic mass is 10.3. The number of hydrogen-bond acceptors (Lipinski definition) is 6. The molecule has 0 saturated heterocycles. The SMILES string of the molecule is CC(C)NC(=O)CN(C)c1ncnc(NN)c1Br. The van der Waals surface area contributed by atoms with E-state index in [1.54, 1.807) is 11.9 Å². The smallest absolute Gasteiger partial charge is 0.239 e. The molecule has 7 nitrogen and oxygen atoms in total. The minimum absolute atomic E-state index is 0.0692. The summed E-state index contributed by atoms with van der Waals surface area (Å²) in [5.41, 5.74) is 2.45. The Bertz CT molecular complexity index is 425. The zero-order chi connectivity index (χ0) is 13.7. The van der Waals surface area contributed by atoms with Gasteiger partial charge in [0.25, 0.3) is 0 Å².